The lowest BCUT2D eigenvalue weighted by atomic mass is 10.2. The van der Waals surface area contributed by atoms with Gasteiger partial charge in [-0.1, -0.05) is 5.16 Å². The zero-order valence-corrected chi connectivity index (χ0v) is 15.2. The second-order valence-electron chi connectivity index (χ2n) is 7.21. The van der Waals surface area contributed by atoms with Crippen LogP contribution in [0.4, 0.5) is 10.6 Å². The molecule has 0 aromatic carbocycles. The van der Waals surface area contributed by atoms with Gasteiger partial charge in [-0.25, -0.2) is 9.78 Å². The monoisotopic (exact) mass is 356 g/mol. The van der Waals surface area contributed by atoms with Crippen LogP contribution in [0.25, 0.3) is 11.4 Å². The molecule has 2 amide bonds. The molecule has 0 spiro atoms. The number of carbonyl (C=O) groups is 1. The maximum absolute atomic E-state index is 12.1. The highest BCUT2D eigenvalue weighted by Crippen LogP contribution is 2.39. The summed E-state index contributed by atoms with van der Waals surface area (Å²) >= 11 is 0. The van der Waals surface area contributed by atoms with E-state index in [1.165, 1.54) is 0 Å². The molecule has 4 rings (SSSR count). The van der Waals surface area contributed by atoms with E-state index in [4.69, 9.17) is 4.52 Å². The summed E-state index contributed by atoms with van der Waals surface area (Å²) in [5.41, 5.74) is 0.861. The van der Waals surface area contributed by atoms with Crippen LogP contribution in [-0.4, -0.2) is 58.3 Å². The molecule has 1 aliphatic heterocycles. The van der Waals surface area contributed by atoms with E-state index in [0.717, 1.165) is 43.2 Å². The summed E-state index contributed by atoms with van der Waals surface area (Å²) in [5, 5.41) is 6.99. The molecule has 3 heterocycles. The first-order valence-electron chi connectivity index (χ1n) is 9.20. The van der Waals surface area contributed by atoms with Crippen LogP contribution in [0.5, 0.6) is 0 Å². The van der Waals surface area contributed by atoms with Crippen molar-refractivity contribution in [3.05, 3.63) is 24.2 Å². The maximum atomic E-state index is 12.1. The third kappa shape index (κ3) is 3.63. The van der Waals surface area contributed by atoms with Crippen molar-refractivity contribution in [2.24, 2.45) is 0 Å². The van der Waals surface area contributed by atoms with Gasteiger partial charge < -0.3 is 19.6 Å². The number of anilines is 1. The minimum Gasteiger partial charge on any atom is -0.353 e. The molecular formula is C18H24N6O2. The molecule has 0 atom stereocenters. The van der Waals surface area contributed by atoms with Crippen molar-refractivity contribution in [1.82, 2.24) is 25.3 Å². The Morgan fingerprint density at radius 2 is 2.00 bits per heavy atom. The lowest BCUT2D eigenvalue weighted by molar-refractivity contribution is 0.191. The molecule has 2 fully saturated rings. The van der Waals surface area contributed by atoms with Crippen molar-refractivity contribution >= 4 is 11.8 Å². The molecule has 1 aliphatic carbocycles. The molecule has 0 unspecified atom stereocenters. The molecule has 8 nitrogen and oxygen atoms in total. The summed E-state index contributed by atoms with van der Waals surface area (Å²) in [4.78, 5) is 25.1. The number of amides is 2. The van der Waals surface area contributed by atoms with Gasteiger partial charge in [0.2, 0.25) is 11.7 Å². The molecule has 0 bridgehead atoms. The molecule has 1 saturated heterocycles. The van der Waals surface area contributed by atoms with E-state index in [9.17, 15) is 4.79 Å². The Balaban J connectivity index is 1.36. The summed E-state index contributed by atoms with van der Waals surface area (Å²) in [6, 6.07) is 4.11. The topological polar surface area (TPSA) is 87.4 Å². The number of carbonyl (C=O) groups excluding carboxylic acids is 1. The number of hydrogen-bond acceptors (Lipinski definition) is 6. The van der Waals surface area contributed by atoms with Crippen molar-refractivity contribution in [3.63, 3.8) is 0 Å². The average Bonchev–Trinajstić information content (AvgIpc) is 3.38. The second-order valence-corrected chi connectivity index (χ2v) is 7.21. The molecule has 138 valence electrons. The minimum atomic E-state index is 0.00605. The summed E-state index contributed by atoms with van der Waals surface area (Å²) in [7, 11) is 0. The lowest BCUT2D eigenvalue weighted by Gasteiger charge is -2.35. The summed E-state index contributed by atoms with van der Waals surface area (Å²) in [6.07, 6.45) is 4.06. The van der Waals surface area contributed by atoms with E-state index in [0.29, 0.717) is 24.8 Å². The van der Waals surface area contributed by atoms with E-state index in [-0.39, 0.29) is 12.1 Å². The Kier molecular flexibility index (Phi) is 4.48. The fourth-order valence-electron chi connectivity index (χ4n) is 3.03. The largest absolute Gasteiger partial charge is 0.353 e. The molecule has 26 heavy (non-hydrogen) atoms. The minimum absolute atomic E-state index is 0.00605. The van der Waals surface area contributed by atoms with Crippen molar-refractivity contribution in [1.29, 1.82) is 0 Å². The van der Waals surface area contributed by atoms with Crippen LogP contribution in [0.1, 0.15) is 38.5 Å². The molecular weight excluding hydrogens is 332 g/mol. The van der Waals surface area contributed by atoms with Crippen LogP contribution < -0.4 is 10.2 Å². The third-order valence-corrected chi connectivity index (χ3v) is 4.68. The second kappa shape index (κ2) is 6.93. The van der Waals surface area contributed by atoms with Gasteiger partial charge in [0.25, 0.3) is 0 Å². The first-order chi connectivity index (χ1) is 12.6. The normalized spacial score (nSPS) is 17.7. The van der Waals surface area contributed by atoms with E-state index in [2.05, 4.69) is 25.3 Å². The van der Waals surface area contributed by atoms with Gasteiger partial charge in [-0.2, -0.15) is 4.98 Å². The fourth-order valence-corrected chi connectivity index (χ4v) is 3.03. The number of piperazine rings is 1. The number of pyridine rings is 1. The van der Waals surface area contributed by atoms with Crippen molar-refractivity contribution in [2.75, 3.05) is 31.1 Å². The van der Waals surface area contributed by atoms with Gasteiger partial charge in [-0.05, 0) is 38.8 Å². The van der Waals surface area contributed by atoms with Crippen LogP contribution >= 0.6 is 0 Å². The van der Waals surface area contributed by atoms with Gasteiger partial charge in [0.1, 0.15) is 5.82 Å². The first kappa shape index (κ1) is 16.8. The molecule has 2 aromatic heterocycles. The van der Waals surface area contributed by atoms with Crippen LogP contribution in [0.15, 0.2) is 22.9 Å². The Morgan fingerprint density at radius 3 is 2.62 bits per heavy atom. The predicted molar refractivity (Wildman–Crippen MR) is 97.0 cm³/mol. The van der Waals surface area contributed by atoms with Gasteiger partial charge >= 0.3 is 6.03 Å². The SMILES string of the molecule is CC(C)NC(=O)N1CCN(c2ccc(-c3noc(C4CC4)n3)cn2)CC1. The smallest absolute Gasteiger partial charge is 0.317 e. The zero-order valence-electron chi connectivity index (χ0n) is 15.2. The molecule has 1 N–H and O–H groups in total. The fraction of sp³-hybridized carbons (Fsp3) is 0.556. The highest BCUT2D eigenvalue weighted by molar-refractivity contribution is 5.74. The Hall–Kier alpha value is -2.64. The van der Waals surface area contributed by atoms with E-state index in [1.807, 2.05) is 30.9 Å². The predicted octanol–water partition coefficient (Wildman–Crippen LogP) is 2.25. The number of urea groups is 1. The zero-order chi connectivity index (χ0) is 18.1. The number of hydrogen-bond donors (Lipinski definition) is 1. The molecule has 2 aliphatic rings. The molecule has 0 radical (unpaired) electrons. The van der Waals surface area contributed by atoms with E-state index >= 15 is 0 Å². The Bertz CT molecular complexity index is 760. The average molecular weight is 356 g/mol. The standard InChI is InChI=1S/C18H24N6O2/c1-12(2)20-18(25)24-9-7-23(8-10-24)15-6-5-14(11-19-15)16-21-17(26-22-16)13-3-4-13/h5-6,11-13H,3-4,7-10H2,1-2H3,(H,20,25). The van der Waals surface area contributed by atoms with Crippen LogP contribution in [0.3, 0.4) is 0 Å². The Labute approximate surface area is 152 Å². The number of rotatable bonds is 4. The van der Waals surface area contributed by atoms with E-state index in [1.54, 1.807) is 6.20 Å². The van der Waals surface area contributed by atoms with E-state index < -0.39 is 0 Å². The first-order valence-corrected chi connectivity index (χ1v) is 9.20. The van der Waals surface area contributed by atoms with Gasteiger partial charge in [0.15, 0.2) is 0 Å². The maximum Gasteiger partial charge on any atom is 0.317 e. The molecule has 8 heteroatoms. The van der Waals surface area contributed by atoms with Crippen molar-refractivity contribution in [2.45, 2.75) is 38.6 Å². The summed E-state index contributed by atoms with van der Waals surface area (Å²) in [5.74, 6) is 2.69. The Morgan fingerprint density at radius 1 is 1.23 bits per heavy atom. The number of nitrogens with one attached hydrogen (secondary N) is 1. The summed E-state index contributed by atoms with van der Waals surface area (Å²) in [6.45, 7) is 6.86. The number of nitrogens with zero attached hydrogens (tertiary/aromatic N) is 5. The molecule has 1 saturated carbocycles. The summed E-state index contributed by atoms with van der Waals surface area (Å²) < 4.78 is 5.31. The van der Waals surface area contributed by atoms with Gasteiger partial charge in [-0.3, -0.25) is 0 Å². The number of aromatic nitrogens is 3. The van der Waals surface area contributed by atoms with Crippen LogP contribution in [-0.2, 0) is 0 Å². The lowest BCUT2D eigenvalue weighted by Crippen LogP contribution is -2.53. The van der Waals surface area contributed by atoms with Gasteiger partial charge in [-0.15, -0.1) is 0 Å². The molecule has 2 aromatic rings. The highest BCUT2D eigenvalue weighted by Gasteiger charge is 2.30. The quantitative estimate of drug-likeness (QED) is 0.904. The van der Waals surface area contributed by atoms with Crippen molar-refractivity contribution < 1.29 is 9.32 Å². The third-order valence-electron chi connectivity index (χ3n) is 4.68. The van der Waals surface area contributed by atoms with Gasteiger partial charge in [0.05, 0.1) is 0 Å². The highest BCUT2D eigenvalue weighted by atomic mass is 16.5. The van der Waals surface area contributed by atoms with Crippen LogP contribution in [0, 0.1) is 0 Å². The van der Waals surface area contributed by atoms with Crippen LogP contribution in [0.2, 0.25) is 0 Å². The van der Waals surface area contributed by atoms with Gasteiger partial charge in [0, 0.05) is 49.9 Å². The van der Waals surface area contributed by atoms with Crippen molar-refractivity contribution in [3.8, 4) is 11.4 Å².